The topological polar surface area (TPSA) is 58.9 Å². The smallest absolute Gasteiger partial charge is 0.322 e. The molecular weight excluding hydrogens is 292 g/mol. The van der Waals surface area contributed by atoms with E-state index in [9.17, 15) is 4.79 Å². The highest BCUT2D eigenvalue weighted by molar-refractivity contribution is 5.89. The van der Waals surface area contributed by atoms with Crippen molar-refractivity contribution < 1.29 is 9.53 Å². The predicted molar refractivity (Wildman–Crippen MR) is 89.8 cm³/mol. The molecule has 0 atom stereocenters. The molecule has 2 aromatic rings. The van der Waals surface area contributed by atoms with Crippen LogP contribution < -0.4 is 5.32 Å². The highest BCUT2D eigenvalue weighted by Gasteiger charge is 2.40. The summed E-state index contributed by atoms with van der Waals surface area (Å²) in [7, 11) is 0. The van der Waals surface area contributed by atoms with E-state index in [1.807, 2.05) is 62.4 Å². The zero-order valence-corrected chi connectivity index (χ0v) is 14.4. The van der Waals surface area contributed by atoms with Crippen molar-refractivity contribution in [2.24, 2.45) is 0 Å². The maximum Gasteiger partial charge on any atom is 0.322 e. The molecule has 0 unspecified atom stereocenters. The standard InChI is InChI=1S/C17H24N4O2/c1-12-8-13(9-20-7-6-18-14(12)20)19-15(22)21-10-16(2,3)23-17(4,5)11-21/h6-9H,10-11H2,1-5H3,(H,19,22). The fourth-order valence-corrected chi connectivity index (χ4v) is 3.41. The van der Waals surface area contributed by atoms with Gasteiger partial charge in [0.1, 0.15) is 5.65 Å². The Morgan fingerprint density at radius 2 is 1.91 bits per heavy atom. The quantitative estimate of drug-likeness (QED) is 0.879. The molecule has 1 aliphatic heterocycles. The number of urea groups is 1. The van der Waals surface area contributed by atoms with Gasteiger partial charge in [-0.2, -0.15) is 0 Å². The van der Waals surface area contributed by atoms with Crippen molar-refractivity contribution in [1.29, 1.82) is 0 Å². The minimum atomic E-state index is -0.358. The molecule has 6 nitrogen and oxygen atoms in total. The lowest BCUT2D eigenvalue weighted by Crippen LogP contribution is -2.59. The molecule has 0 spiro atoms. The number of rotatable bonds is 1. The van der Waals surface area contributed by atoms with Gasteiger partial charge in [-0.3, -0.25) is 0 Å². The molecule has 0 radical (unpaired) electrons. The van der Waals surface area contributed by atoms with Gasteiger partial charge in [-0.15, -0.1) is 0 Å². The van der Waals surface area contributed by atoms with Crippen LogP contribution in [-0.4, -0.2) is 44.6 Å². The van der Waals surface area contributed by atoms with Crippen LogP contribution in [0, 0.1) is 6.92 Å². The van der Waals surface area contributed by atoms with Crippen LogP contribution in [0.4, 0.5) is 10.5 Å². The number of fused-ring (bicyclic) bond motifs is 1. The molecule has 124 valence electrons. The van der Waals surface area contributed by atoms with Gasteiger partial charge >= 0.3 is 6.03 Å². The average molecular weight is 316 g/mol. The zero-order chi connectivity index (χ0) is 16.8. The number of nitrogens with one attached hydrogen (secondary N) is 1. The van der Waals surface area contributed by atoms with E-state index in [-0.39, 0.29) is 17.2 Å². The number of pyridine rings is 1. The second-order valence-corrected chi connectivity index (χ2v) is 7.48. The number of carbonyl (C=O) groups excluding carboxylic acids is 1. The summed E-state index contributed by atoms with van der Waals surface area (Å²) in [5.41, 5.74) is 1.97. The van der Waals surface area contributed by atoms with E-state index in [1.54, 1.807) is 6.20 Å². The summed E-state index contributed by atoms with van der Waals surface area (Å²) in [6.45, 7) is 11.2. The fourth-order valence-electron chi connectivity index (χ4n) is 3.41. The van der Waals surface area contributed by atoms with Gasteiger partial charge in [0.25, 0.3) is 0 Å². The Balaban J connectivity index is 1.80. The van der Waals surface area contributed by atoms with Crippen LogP contribution in [0.2, 0.25) is 0 Å². The summed E-state index contributed by atoms with van der Waals surface area (Å²) < 4.78 is 7.94. The molecule has 1 saturated heterocycles. The molecule has 1 aliphatic rings. The number of anilines is 1. The number of aryl methyl sites for hydroxylation is 1. The van der Waals surface area contributed by atoms with Crippen molar-refractivity contribution in [3.63, 3.8) is 0 Å². The van der Waals surface area contributed by atoms with Crippen molar-refractivity contribution in [3.8, 4) is 0 Å². The monoisotopic (exact) mass is 316 g/mol. The fraction of sp³-hybridized carbons (Fsp3) is 0.529. The first kappa shape index (κ1) is 15.8. The first-order valence-electron chi connectivity index (χ1n) is 7.85. The van der Waals surface area contributed by atoms with E-state index in [0.29, 0.717) is 13.1 Å². The molecular formula is C17H24N4O2. The average Bonchev–Trinajstić information content (AvgIpc) is 2.83. The molecule has 0 saturated carbocycles. The SMILES string of the molecule is Cc1cc(NC(=O)N2CC(C)(C)OC(C)(C)C2)cn2ccnc12. The lowest BCUT2D eigenvalue weighted by atomic mass is 9.99. The summed E-state index contributed by atoms with van der Waals surface area (Å²) in [5, 5.41) is 2.99. The van der Waals surface area contributed by atoms with Gasteiger partial charge in [-0.1, -0.05) is 0 Å². The molecule has 23 heavy (non-hydrogen) atoms. The van der Waals surface area contributed by atoms with Crippen LogP contribution >= 0.6 is 0 Å². The van der Waals surface area contributed by atoms with E-state index in [2.05, 4.69) is 10.3 Å². The van der Waals surface area contributed by atoms with E-state index < -0.39 is 0 Å². The molecule has 1 N–H and O–H groups in total. The number of carbonyl (C=O) groups is 1. The molecule has 2 amide bonds. The minimum absolute atomic E-state index is 0.103. The van der Waals surface area contributed by atoms with Crippen LogP contribution in [-0.2, 0) is 4.74 Å². The number of nitrogens with zero attached hydrogens (tertiary/aromatic N) is 3. The lowest BCUT2D eigenvalue weighted by Gasteiger charge is -2.46. The second kappa shape index (κ2) is 5.23. The lowest BCUT2D eigenvalue weighted by molar-refractivity contribution is -0.169. The van der Waals surface area contributed by atoms with Gasteiger partial charge in [0.15, 0.2) is 0 Å². The molecule has 0 aromatic carbocycles. The van der Waals surface area contributed by atoms with Crippen molar-refractivity contribution in [3.05, 3.63) is 30.2 Å². The molecule has 0 bridgehead atoms. The van der Waals surface area contributed by atoms with Gasteiger partial charge < -0.3 is 19.4 Å². The highest BCUT2D eigenvalue weighted by Crippen LogP contribution is 2.28. The maximum absolute atomic E-state index is 12.7. The Bertz CT molecular complexity index is 732. The summed E-state index contributed by atoms with van der Waals surface area (Å²) in [5.74, 6) is 0. The highest BCUT2D eigenvalue weighted by atomic mass is 16.5. The summed E-state index contributed by atoms with van der Waals surface area (Å²) in [4.78, 5) is 18.8. The van der Waals surface area contributed by atoms with Gasteiger partial charge in [0.2, 0.25) is 0 Å². The van der Waals surface area contributed by atoms with Gasteiger partial charge in [0.05, 0.1) is 30.0 Å². The van der Waals surface area contributed by atoms with E-state index in [4.69, 9.17) is 4.74 Å². The Kier molecular flexibility index (Phi) is 3.59. The molecule has 6 heteroatoms. The van der Waals surface area contributed by atoms with Crippen molar-refractivity contribution in [1.82, 2.24) is 14.3 Å². The Morgan fingerprint density at radius 1 is 1.26 bits per heavy atom. The Morgan fingerprint density at radius 3 is 2.57 bits per heavy atom. The Labute approximate surface area is 136 Å². The number of hydrogen-bond donors (Lipinski definition) is 1. The number of imidazole rings is 1. The third-order valence-electron chi connectivity index (χ3n) is 3.91. The van der Waals surface area contributed by atoms with Crippen molar-refractivity contribution >= 4 is 17.4 Å². The zero-order valence-electron chi connectivity index (χ0n) is 14.4. The van der Waals surface area contributed by atoms with Crippen molar-refractivity contribution in [2.75, 3.05) is 18.4 Å². The number of amides is 2. The maximum atomic E-state index is 12.7. The third-order valence-corrected chi connectivity index (χ3v) is 3.91. The molecule has 3 rings (SSSR count). The number of aromatic nitrogens is 2. The predicted octanol–water partition coefficient (Wildman–Crippen LogP) is 3.06. The van der Waals surface area contributed by atoms with Crippen LogP contribution in [0.5, 0.6) is 0 Å². The van der Waals surface area contributed by atoms with E-state index >= 15 is 0 Å². The van der Waals surface area contributed by atoms with E-state index in [1.165, 1.54) is 0 Å². The summed E-state index contributed by atoms with van der Waals surface area (Å²) in [6.07, 6.45) is 5.50. The first-order chi connectivity index (χ1) is 10.7. The molecule has 0 aliphatic carbocycles. The third kappa shape index (κ3) is 3.32. The van der Waals surface area contributed by atoms with Gasteiger partial charge in [-0.05, 0) is 46.2 Å². The van der Waals surface area contributed by atoms with E-state index in [0.717, 1.165) is 16.9 Å². The van der Waals surface area contributed by atoms with Crippen LogP contribution in [0.25, 0.3) is 5.65 Å². The van der Waals surface area contributed by atoms with Gasteiger partial charge in [0, 0.05) is 18.6 Å². The second-order valence-electron chi connectivity index (χ2n) is 7.48. The van der Waals surface area contributed by atoms with Crippen LogP contribution in [0.15, 0.2) is 24.7 Å². The largest absolute Gasteiger partial charge is 0.366 e. The summed E-state index contributed by atoms with van der Waals surface area (Å²) in [6, 6.07) is 1.84. The number of ether oxygens (including phenoxy) is 1. The Hall–Kier alpha value is -2.08. The molecule has 1 fully saturated rings. The van der Waals surface area contributed by atoms with Gasteiger partial charge in [-0.25, -0.2) is 9.78 Å². The minimum Gasteiger partial charge on any atom is -0.366 e. The van der Waals surface area contributed by atoms with Crippen LogP contribution in [0.1, 0.15) is 33.3 Å². The summed E-state index contributed by atoms with van der Waals surface area (Å²) >= 11 is 0. The first-order valence-corrected chi connectivity index (χ1v) is 7.85. The molecule has 3 heterocycles. The van der Waals surface area contributed by atoms with Crippen LogP contribution in [0.3, 0.4) is 0 Å². The van der Waals surface area contributed by atoms with Crippen molar-refractivity contribution in [2.45, 2.75) is 45.8 Å². The normalized spacial score (nSPS) is 19.8. The molecule has 2 aromatic heterocycles. The number of morpholine rings is 1. The number of hydrogen-bond acceptors (Lipinski definition) is 3.